The van der Waals surface area contributed by atoms with Gasteiger partial charge in [0.15, 0.2) is 0 Å². The van der Waals surface area contributed by atoms with Gasteiger partial charge in [-0.15, -0.1) is 0 Å². The highest BCUT2D eigenvalue weighted by Gasteiger charge is 2.16. The Hall–Kier alpha value is -1.97. The summed E-state index contributed by atoms with van der Waals surface area (Å²) in [5, 5.41) is 0. The number of nitrogens with zero attached hydrogens (tertiary/aromatic N) is 1. The standard InChI is InChI=1S/C15H15FN2O/c1-9-6-7-10(8-12(9)16)14-17-13-5-3-2-4-11(13)15(19)18-14/h6-8H,2-5H2,1H3,(H,17,18,19). The van der Waals surface area contributed by atoms with E-state index in [0.29, 0.717) is 17.0 Å². The lowest BCUT2D eigenvalue weighted by molar-refractivity contribution is 0.618. The van der Waals surface area contributed by atoms with Gasteiger partial charge in [0, 0.05) is 11.1 Å². The maximum absolute atomic E-state index is 13.6. The molecule has 3 rings (SSSR count). The Bertz CT molecular complexity index is 691. The zero-order valence-corrected chi connectivity index (χ0v) is 10.8. The van der Waals surface area contributed by atoms with E-state index in [1.807, 2.05) is 0 Å². The van der Waals surface area contributed by atoms with Gasteiger partial charge >= 0.3 is 0 Å². The molecule has 0 spiro atoms. The topological polar surface area (TPSA) is 45.8 Å². The molecule has 98 valence electrons. The zero-order valence-electron chi connectivity index (χ0n) is 10.8. The predicted octanol–water partition coefficient (Wildman–Crippen LogP) is 2.76. The second-order valence-corrected chi connectivity index (χ2v) is 5.01. The quantitative estimate of drug-likeness (QED) is 0.854. The molecule has 1 heterocycles. The van der Waals surface area contributed by atoms with Crippen molar-refractivity contribution in [1.29, 1.82) is 0 Å². The Morgan fingerprint density at radius 1 is 1.26 bits per heavy atom. The summed E-state index contributed by atoms with van der Waals surface area (Å²) in [5.41, 5.74) is 2.78. The lowest BCUT2D eigenvalue weighted by Crippen LogP contribution is -2.21. The monoisotopic (exact) mass is 258 g/mol. The summed E-state index contributed by atoms with van der Waals surface area (Å²) >= 11 is 0. The smallest absolute Gasteiger partial charge is 0.254 e. The van der Waals surface area contributed by atoms with Gasteiger partial charge in [-0.1, -0.05) is 12.1 Å². The van der Waals surface area contributed by atoms with Gasteiger partial charge < -0.3 is 4.98 Å². The highest BCUT2D eigenvalue weighted by Crippen LogP contribution is 2.21. The molecule has 4 heteroatoms. The maximum Gasteiger partial charge on any atom is 0.254 e. The van der Waals surface area contributed by atoms with Gasteiger partial charge in [-0.3, -0.25) is 4.79 Å². The van der Waals surface area contributed by atoms with Crippen LogP contribution in [-0.4, -0.2) is 9.97 Å². The number of benzene rings is 1. The van der Waals surface area contributed by atoms with Crippen LogP contribution < -0.4 is 5.56 Å². The van der Waals surface area contributed by atoms with Crippen LogP contribution in [0.25, 0.3) is 11.4 Å². The van der Waals surface area contributed by atoms with Crippen LogP contribution in [0.4, 0.5) is 4.39 Å². The van der Waals surface area contributed by atoms with E-state index < -0.39 is 0 Å². The number of aromatic amines is 1. The Morgan fingerprint density at radius 2 is 2.05 bits per heavy atom. The van der Waals surface area contributed by atoms with Crippen LogP contribution in [0, 0.1) is 12.7 Å². The highest BCUT2D eigenvalue weighted by molar-refractivity contribution is 5.56. The van der Waals surface area contributed by atoms with Crippen molar-refractivity contribution in [2.45, 2.75) is 32.6 Å². The summed E-state index contributed by atoms with van der Waals surface area (Å²) in [7, 11) is 0. The second kappa shape index (κ2) is 4.61. The first-order valence-electron chi connectivity index (χ1n) is 6.54. The molecule has 19 heavy (non-hydrogen) atoms. The van der Waals surface area contributed by atoms with Gasteiger partial charge in [-0.2, -0.15) is 0 Å². The van der Waals surface area contributed by atoms with E-state index in [1.165, 1.54) is 6.07 Å². The fraction of sp³-hybridized carbons (Fsp3) is 0.333. The molecule has 0 fully saturated rings. The summed E-state index contributed by atoms with van der Waals surface area (Å²) in [4.78, 5) is 19.3. The summed E-state index contributed by atoms with van der Waals surface area (Å²) < 4.78 is 13.6. The number of H-pyrrole nitrogens is 1. The van der Waals surface area contributed by atoms with Gasteiger partial charge in [0.1, 0.15) is 11.6 Å². The van der Waals surface area contributed by atoms with E-state index in [0.717, 1.165) is 36.9 Å². The average molecular weight is 258 g/mol. The fourth-order valence-electron chi connectivity index (χ4n) is 2.48. The zero-order chi connectivity index (χ0) is 13.4. The van der Waals surface area contributed by atoms with Crippen LogP contribution >= 0.6 is 0 Å². The molecule has 0 bridgehead atoms. The minimum atomic E-state index is -0.280. The first kappa shape index (κ1) is 12.1. The Labute approximate surface area is 110 Å². The van der Waals surface area contributed by atoms with Crippen LogP contribution in [-0.2, 0) is 12.8 Å². The number of aryl methyl sites for hydroxylation is 2. The second-order valence-electron chi connectivity index (χ2n) is 5.01. The number of fused-ring (bicyclic) bond motifs is 1. The summed E-state index contributed by atoms with van der Waals surface area (Å²) in [6, 6.07) is 4.90. The number of hydrogen-bond donors (Lipinski definition) is 1. The third kappa shape index (κ3) is 2.18. The fourth-order valence-corrected chi connectivity index (χ4v) is 2.48. The summed E-state index contributed by atoms with van der Waals surface area (Å²) in [5.74, 6) is 0.183. The number of nitrogens with one attached hydrogen (secondary N) is 1. The molecular weight excluding hydrogens is 243 g/mol. The predicted molar refractivity (Wildman–Crippen MR) is 71.6 cm³/mol. The average Bonchev–Trinajstić information content (AvgIpc) is 2.42. The number of halogens is 1. The van der Waals surface area contributed by atoms with E-state index in [1.54, 1.807) is 19.1 Å². The Kier molecular flexibility index (Phi) is 2.93. The lowest BCUT2D eigenvalue weighted by atomic mass is 9.97. The molecule has 1 N–H and O–H groups in total. The van der Waals surface area contributed by atoms with Crippen LogP contribution in [0.5, 0.6) is 0 Å². The van der Waals surface area contributed by atoms with Crippen molar-refractivity contribution in [3.63, 3.8) is 0 Å². The van der Waals surface area contributed by atoms with Gasteiger partial charge in [0.2, 0.25) is 0 Å². The van der Waals surface area contributed by atoms with Gasteiger partial charge in [0.05, 0.1) is 5.69 Å². The summed E-state index contributed by atoms with van der Waals surface area (Å²) in [6.07, 6.45) is 3.72. The van der Waals surface area contributed by atoms with Gasteiger partial charge in [0.25, 0.3) is 5.56 Å². The van der Waals surface area contributed by atoms with E-state index in [-0.39, 0.29) is 11.4 Å². The van der Waals surface area contributed by atoms with Crippen LogP contribution in [0.2, 0.25) is 0 Å². The van der Waals surface area contributed by atoms with Crippen molar-refractivity contribution in [3.8, 4) is 11.4 Å². The molecule has 1 aliphatic carbocycles. The molecule has 1 aromatic heterocycles. The first-order valence-corrected chi connectivity index (χ1v) is 6.54. The molecule has 3 nitrogen and oxygen atoms in total. The Balaban J connectivity index is 2.12. The summed E-state index contributed by atoms with van der Waals surface area (Å²) in [6.45, 7) is 1.71. The van der Waals surface area contributed by atoms with Crippen molar-refractivity contribution >= 4 is 0 Å². The van der Waals surface area contributed by atoms with Crippen LogP contribution in [0.1, 0.15) is 29.7 Å². The molecule has 0 unspecified atom stereocenters. The third-order valence-corrected chi connectivity index (χ3v) is 3.64. The molecule has 0 radical (unpaired) electrons. The minimum Gasteiger partial charge on any atom is -0.306 e. The van der Waals surface area contributed by atoms with Crippen molar-refractivity contribution < 1.29 is 4.39 Å². The van der Waals surface area contributed by atoms with Crippen molar-refractivity contribution in [2.75, 3.05) is 0 Å². The van der Waals surface area contributed by atoms with Crippen LogP contribution in [0.3, 0.4) is 0 Å². The van der Waals surface area contributed by atoms with E-state index in [2.05, 4.69) is 9.97 Å². The number of rotatable bonds is 1. The Morgan fingerprint density at radius 3 is 2.84 bits per heavy atom. The largest absolute Gasteiger partial charge is 0.306 e. The van der Waals surface area contributed by atoms with Gasteiger partial charge in [-0.05, 0) is 44.2 Å². The molecule has 0 saturated carbocycles. The van der Waals surface area contributed by atoms with E-state index in [9.17, 15) is 9.18 Å². The van der Waals surface area contributed by atoms with Crippen molar-refractivity contribution in [2.24, 2.45) is 0 Å². The van der Waals surface area contributed by atoms with Gasteiger partial charge in [-0.25, -0.2) is 9.37 Å². The molecule has 0 atom stereocenters. The molecule has 2 aromatic rings. The number of aromatic nitrogens is 2. The normalized spacial score (nSPS) is 14.2. The lowest BCUT2D eigenvalue weighted by Gasteiger charge is -2.14. The van der Waals surface area contributed by atoms with Crippen molar-refractivity contribution in [1.82, 2.24) is 9.97 Å². The molecule has 1 aliphatic rings. The van der Waals surface area contributed by atoms with E-state index >= 15 is 0 Å². The SMILES string of the molecule is Cc1ccc(-c2nc3c(c(=O)[nH]2)CCCC3)cc1F. The van der Waals surface area contributed by atoms with E-state index in [4.69, 9.17) is 0 Å². The number of hydrogen-bond acceptors (Lipinski definition) is 2. The molecular formula is C15H15FN2O. The molecule has 0 saturated heterocycles. The molecule has 1 aromatic carbocycles. The molecule has 0 aliphatic heterocycles. The van der Waals surface area contributed by atoms with Crippen molar-refractivity contribution in [3.05, 3.63) is 51.2 Å². The molecule has 0 amide bonds. The van der Waals surface area contributed by atoms with Crippen LogP contribution in [0.15, 0.2) is 23.0 Å². The highest BCUT2D eigenvalue weighted by atomic mass is 19.1. The minimum absolute atomic E-state index is 0.0827. The maximum atomic E-state index is 13.6. The first-order chi connectivity index (χ1) is 9.15. The third-order valence-electron chi connectivity index (χ3n) is 3.64.